The Kier molecular flexibility index (Phi) is 4.47. The first-order valence-corrected chi connectivity index (χ1v) is 9.22. The van der Waals surface area contributed by atoms with Crippen molar-refractivity contribution in [1.82, 2.24) is 15.1 Å². The molecule has 0 spiro atoms. The standard InChI is InChI=1S/C19H24F3N3O/c20-19(21,22)18(17(26)25-11-15-8-23-9-16(15)12-25)6-7-24(13-18)10-14-4-2-1-3-5-14/h1-5,15-16,23H,6-13H2/t15-,16+,18?. The fraction of sp³-hybridized carbons (Fsp3) is 0.632. The first kappa shape index (κ1) is 17.8. The van der Waals surface area contributed by atoms with Gasteiger partial charge in [0.2, 0.25) is 5.91 Å². The number of benzene rings is 1. The maximum atomic E-state index is 14.0. The van der Waals surface area contributed by atoms with E-state index in [9.17, 15) is 18.0 Å². The second kappa shape index (κ2) is 6.53. The number of amides is 1. The zero-order valence-corrected chi connectivity index (χ0v) is 14.6. The lowest BCUT2D eigenvalue weighted by molar-refractivity contribution is -0.223. The Morgan fingerprint density at radius 1 is 1.15 bits per heavy atom. The summed E-state index contributed by atoms with van der Waals surface area (Å²) in [6, 6.07) is 9.46. The number of halogens is 3. The number of hydrogen-bond donors (Lipinski definition) is 1. The normalized spacial score (nSPS) is 32.2. The summed E-state index contributed by atoms with van der Waals surface area (Å²) in [6.07, 6.45) is -4.67. The molecule has 0 aliphatic carbocycles. The van der Waals surface area contributed by atoms with Gasteiger partial charge in [0.15, 0.2) is 5.41 Å². The summed E-state index contributed by atoms with van der Waals surface area (Å²) < 4.78 is 42.1. The third-order valence-corrected chi connectivity index (χ3v) is 6.23. The van der Waals surface area contributed by atoms with Crippen LogP contribution in [0.25, 0.3) is 0 Å². The van der Waals surface area contributed by atoms with E-state index in [0.29, 0.717) is 38.0 Å². The summed E-state index contributed by atoms with van der Waals surface area (Å²) in [5, 5.41) is 3.26. The average molecular weight is 367 g/mol. The van der Waals surface area contributed by atoms with Crippen LogP contribution in [0.15, 0.2) is 30.3 Å². The van der Waals surface area contributed by atoms with E-state index < -0.39 is 17.5 Å². The van der Waals surface area contributed by atoms with Crippen LogP contribution in [-0.4, -0.2) is 61.2 Å². The molecule has 1 amide bonds. The van der Waals surface area contributed by atoms with Crippen LogP contribution in [0.1, 0.15) is 12.0 Å². The van der Waals surface area contributed by atoms with E-state index in [2.05, 4.69) is 5.32 Å². The van der Waals surface area contributed by atoms with Gasteiger partial charge in [0.25, 0.3) is 0 Å². The summed E-state index contributed by atoms with van der Waals surface area (Å²) in [4.78, 5) is 16.2. The maximum absolute atomic E-state index is 14.0. The van der Waals surface area contributed by atoms with Crippen LogP contribution in [0.3, 0.4) is 0 Å². The van der Waals surface area contributed by atoms with Crippen molar-refractivity contribution in [2.45, 2.75) is 19.1 Å². The molecule has 1 unspecified atom stereocenters. The smallest absolute Gasteiger partial charge is 0.341 e. The number of fused-ring (bicyclic) bond motifs is 1. The molecule has 4 nitrogen and oxygen atoms in total. The van der Waals surface area contributed by atoms with Crippen molar-refractivity contribution < 1.29 is 18.0 Å². The Hall–Kier alpha value is -1.60. The molecule has 1 aromatic carbocycles. The van der Waals surface area contributed by atoms with E-state index in [1.54, 1.807) is 4.90 Å². The molecule has 3 saturated heterocycles. The van der Waals surface area contributed by atoms with Gasteiger partial charge in [-0.2, -0.15) is 13.2 Å². The molecule has 0 radical (unpaired) electrons. The Labute approximate surface area is 151 Å². The van der Waals surface area contributed by atoms with E-state index in [-0.39, 0.29) is 13.0 Å². The van der Waals surface area contributed by atoms with Crippen LogP contribution in [0.2, 0.25) is 0 Å². The van der Waals surface area contributed by atoms with Gasteiger partial charge in [-0.05, 0) is 30.4 Å². The molecule has 0 bridgehead atoms. The van der Waals surface area contributed by atoms with Crippen molar-refractivity contribution in [3.05, 3.63) is 35.9 Å². The van der Waals surface area contributed by atoms with Gasteiger partial charge in [-0.1, -0.05) is 30.3 Å². The summed E-state index contributed by atoms with van der Waals surface area (Å²) >= 11 is 0. The Bertz CT molecular complexity index is 654. The highest BCUT2D eigenvalue weighted by Gasteiger charge is 2.64. The highest BCUT2D eigenvalue weighted by molar-refractivity contribution is 5.84. The molecular weight excluding hydrogens is 343 g/mol. The lowest BCUT2D eigenvalue weighted by Gasteiger charge is -2.34. The predicted molar refractivity (Wildman–Crippen MR) is 91.3 cm³/mol. The number of carbonyl (C=O) groups excluding carboxylic acids is 1. The largest absolute Gasteiger partial charge is 0.404 e. The van der Waals surface area contributed by atoms with Crippen molar-refractivity contribution in [1.29, 1.82) is 0 Å². The summed E-state index contributed by atoms with van der Waals surface area (Å²) in [6.45, 7) is 3.00. The lowest BCUT2D eigenvalue weighted by Crippen LogP contribution is -2.53. The van der Waals surface area contributed by atoms with E-state index in [1.807, 2.05) is 30.3 Å². The number of nitrogens with zero attached hydrogens (tertiary/aromatic N) is 2. The SMILES string of the molecule is O=C(N1C[C@H]2CNC[C@H]2C1)C1(C(F)(F)F)CCN(Cc2ccccc2)C1. The third-order valence-electron chi connectivity index (χ3n) is 6.23. The molecule has 26 heavy (non-hydrogen) atoms. The molecule has 3 fully saturated rings. The van der Waals surface area contributed by atoms with Gasteiger partial charge in [-0.15, -0.1) is 0 Å². The Balaban J connectivity index is 1.51. The van der Waals surface area contributed by atoms with Gasteiger partial charge in [-0.3, -0.25) is 9.69 Å². The molecule has 7 heteroatoms. The predicted octanol–water partition coefficient (Wildman–Crippen LogP) is 2.12. The fourth-order valence-electron chi connectivity index (χ4n) is 4.72. The zero-order valence-electron chi connectivity index (χ0n) is 14.6. The van der Waals surface area contributed by atoms with E-state index in [0.717, 1.165) is 18.7 Å². The van der Waals surface area contributed by atoms with Crippen LogP contribution in [0.4, 0.5) is 13.2 Å². The van der Waals surface area contributed by atoms with E-state index in [4.69, 9.17) is 0 Å². The molecular formula is C19H24F3N3O. The number of rotatable bonds is 3. The first-order valence-electron chi connectivity index (χ1n) is 9.22. The van der Waals surface area contributed by atoms with Crippen molar-refractivity contribution in [2.24, 2.45) is 17.3 Å². The Morgan fingerprint density at radius 3 is 2.42 bits per heavy atom. The van der Waals surface area contributed by atoms with Crippen molar-refractivity contribution in [2.75, 3.05) is 39.3 Å². The average Bonchev–Trinajstić information content (AvgIpc) is 3.29. The first-order chi connectivity index (χ1) is 12.4. The van der Waals surface area contributed by atoms with Gasteiger partial charge in [-0.25, -0.2) is 0 Å². The topological polar surface area (TPSA) is 35.6 Å². The van der Waals surface area contributed by atoms with Crippen molar-refractivity contribution in [3.63, 3.8) is 0 Å². The molecule has 4 rings (SSSR count). The second-order valence-corrected chi connectivity index (χ2v) is 7.91. The number of carbonyl (C=O) groups is 1. The highest BCUT2D eigenvalue weighted by atomic mass is 19.4. The number of hydrogen-bond acceptors (Lipinski definition) is 3. The summed E-state index contributed by atoms with van der Waals surface area (Å²) in [5.41, 5.74) is -1.28. The lowest BCUT2D eigenvalue weighted by atomic mass is 9.84. The molecule has 142 valence electrons. The minimum absolute atomic E-state index is 0.147. The minimum atomic E-state index is -4.52. The molecule has 3 aliphatic heterocycles. The molecule has 1 N–H and O–H groups in total. The highest BCUT2D eigenvalue weighted by Crippen LogP contribution is 2.48. The van der Waals surface area contributed by atoms with Gasteiger partial charge in [0.1, 0.15) is 0 Å². The van der Waals surface area contributed by atoms with Crippen LogP contribution in [0.5, 0.6) is 0 Å². The van der Waals surface area contributed by atoms with Crippen molar-refractivity contribution in [3.8, 4) is 0 Å². The van der Waals surface area contributed by atoms with Crippen LogP contribution >= 0.6 is 0 Å². The quantitative estimate of drug-likeness (QED) is 0.889. The monoisotopic (exact) mass is 367 g/mol. The molecule has 3 heterocycles. The summed E-state index contributed by atoms with van der Waals surface area (Å²) in [7, 11) is 0. The zero-order chi connectivity index (χ0) is 18.4. The fourth-order valence-corrected chi connectivity index (χ4v) is 4.72. The van der Waals surface area contributed by atoms with Gasteiger partial charge < -0.3 is 10.2 Å². The molecule has 1 aromatic rings. The minimum Gasteiger partial charge on any atom is -0.341 e. The molecule has 0 aromatic heterocycles. The van der Waals surface area contributed by atoms with Crippen molar-refractivity contribution >= 4 is 5.91 Å². The van der Waals surface area contributed by atoms with Gasteiger partial charge >= 0.3 is 6.18 Å². The second-order valence-electron chi connectivity index (χ2n) is 7.91. The van der Waals surface area contributed by atoms with Gasteiger partial charge in [0, 0.05) is 39.3 Å². The molecule has 0 saturated carbocycles. The maximum Gasteiger partial charge on any atom is 0.404 e. The van der Waals surface area contributed by atoms with E-state index >= 15 is 0 Å². The van der Waals surface area contributed by atoms with E-state index in [1.165, 1.54) is 4.90 Å². The Morgan fingerprint density at radius 2 is 1.81 bits per heavy atom. The third kappa shape index (κ3) is 3.01. The summed E-state index contributed by atoms with van der Waals surface area (Å²) in [5.74, 6) is -0.118. The van der Waals surface area contributed by atoms with Crippen LogP contribution in [-0.2, 0) is 11.3 Å². The molecule has 3 atom stereocenters. The van der Waals surface area contributed by atoms with Crippen LogP contribution < -0.4 is 5.32 Å². The molecule has 3 aliphatic rings. The van der Waals surface area contributed by atoms with Gasteiger partial charge in [0.05, 0.1) is 0 Å². The number of likely N-dealkylation sites (tertiary alicyclic amines) is 2. The number of alkyl halides is 3. The van der Waals surface area contributed by atoms with Crippen LogP contribution in [0, 0.1) is 17.3 Å². The number of nitrogens with one attached hydrogen (secondary N) is 1.